The molecule has 8 heteroatoms. The summed E-state index contributed by atoms with van der Waals surface area (Å²) >= 11 is 5.52. The minimum Gasteiger partial charge on any atom is -0.465 e. The van der Waals surface area contributed by atoms with Crippen LogP contribution in [0.1, 0.15) is 9.67 Å². The lowest BCUT2D eigenvalue weighted by atomic mass is 10.2. The lowest BCUT2D eigenvalue weighted by Gasteiger charge is -1.94. The van der Waals surface area contributed by atoms with Gasteiger partial charge in [-0.15, -0.1) is 11.3 Å². The first-order valence-corrected chi connectivity index (χ1v) is 7.13. The van der Waals surface area contributed by atoms with Gasteiger partial charge in [-0.1, -0.05) is 11.3 Å². The average molecular weight is 348 g/mol. The Balaban J connectivity index is 2.59. The summed E-state index contributed by atoms with van der Waals surface area (Å²) in [4.78, 5) is 22.9. The number of thiophene rings is 2. The normalized spacial score (nSPS) is 10.3. The molecule has 0 saturated carbocycles. The van der Waals surface area contributed by atoms with Crippen LogP contribution in [0.5, 0.6) is 0 Å². The van der Waals surface area contributed by atoms with Crippen molar-refractivity contribution in [2.75, 3.05) is 7.11 Å². The van der Waals surface area contributed by atoms with Crippen molar-refractivity contribution in [1.29, 1.82) is 0 Å². The van der Waals surface area contributed by atoms with Crippen molar-refractivity contribution in [3.8, 4) is 10.4 Å². The zero-order chi connectivity index (χ0) is 13.3. The molecule has 0 amide bonds. The van der Waals surface area contributed by atoms with E-state index in [4.69, 9.17) is 0 Å². The van der Waals surface area contributed by atoms with Crippen LogP contribution < -0.4 is 0 Å². The van der Waals surface area contributed by atoms with Crippen LogP contribution in [0.2, 0.25) is 0 Å². The summed E-state index contributed by atoms with van der Waals surface area (Å²) in [7, 11) is 1.24. The number of nitrogens with zero attached hydrogens (tertiary/aromatic N) is 1. The minimum absolute atomic E-state index is 0.0569. The summed E-state index contributed by atoms with van der Waals surface area (Å²) in [6.45, 7) is 0. The minimum atomic E-state index is -0.568. The summed E-state index contributed by atoms with van der Waals surface area (Å²) in [5.74, 6) is -0.568. The maximum absolute atomic E-state index is 11.4. The molecule has 0 aliphatic carbocycles. The van der Waals surface area contributed by atoms with E-state index in [2.05, 4.69) is 20.7 Å². The third-order valence-electron chi connectivity index (χ3n) is 2.13. The van der Waals surface area contributed by atoms with Gasteiger partial charge in [-0.05, 0) is 33.4 Å². The van der Waals surface area contributed by atoms with Crippen molar-refractivity contribution in [2.45, 2.75) is 0 Å². The summed E-state index contributed by atoms with van der Waals surface area (Å²) in [5, 5.41) is 12.8. The first-order valence-electron chi connectivity index (χ1n) is 4.64. The molecule has 2 heterocycles. The van der Waals surface area contributed by atoms with Gasteiger partial charge >= 0.3 is 11.0 Å². The van der Waals surface area contributed by atoms with E-state index < -0.39 is 10.9 Å². The number of carbonyl (C=O) groups is 1. The van der Waals surface area contributed by atoms with E-state index in [1.54, 1.807) is 6.07 Å². The Morgan fingerprint density at radius 2 is 2.28 bits per heavy atom. The molecule has 0 N–H and O–H groups in total. The molecule has 94 valence electrons. The van der Waals surface area contributed by atoms with Crippen molar-refractivity contribution in [2.24, 2.45) is 0 Å². The van der Waals surface area contributed by atoms with Gasteiger partial charge in [0.1, 0.15) is 4.88 Å². The molecule has 0 aliphatic heterocycles. The van der Waals surface area contributed by atoms with Gasteiger partial charge in [0.25, 0.3) is 0 Å². The molecule has 0 atom stereocenters. The molecule has 0 saturated heterocycles. The molecule has 0 radical (unpaired) electrons. The van der Waals surface area contributed by atoms with Crippen LogP contribution in [-0.4, -0.2) is 18.0 Å². The van der Waals surface area contributed by atoms with Crippen LogP contribution >= 0.6 is 38.6 Å². The van der Waals surface area contributed by atoms with Crippen molar-refractivity contribution >= 4 is 49.6 Å². The number of hydrogen-bond donors (Lipinski definition) is 0. The first-order chi connectivity index (χ1) is 8.54. The van der Waals surface area contributed by atoms with E-state index >= 15 is 0 Å². The number of hydrogen-bond acceptors (Lipinski definition) is 6. The Hall–Kier alpha value is -1.25. The van der Waals surface area contributed by atoms with Crippen LogP contribution in [0.4, 0.5) is 5.00 Å². The van der Waals surface area contributed by atoms with Crippen LogP contribution in [0, 0.1) is 10.1 Å². The number of esters is 1. The molecule has 5 nitrogen and oxygen atoms in total. The maximum atomic E-state index is 11.4. The second-order valence-electron chi connectivity index (χ2n) is 3.18. The Kier molecular flexibility index (Phi) is 3.79. The lowest BCUT2D eigenvalue weighted by molar-refractivity contribution is -0.379. The summed E-state index contributed by atoms with van der Waals surface area (Å²) < 4.78 is 5.34. The van der Waals surface area contributed by atoms with Crippen LogP contribution in [0.15, 0.2) is 22.0 Å². The number of halogens is 1. The second-order valence-corrected chi connectivity index (χ2v) is 5.98. The number of ether oxygens (including phenoxy) is 1. The highest BCUT2D eigenvalue weighted by Crippen LogP contribution is 2.43. The Morgan fingerprint density at radius 3 is 2.78 bits per heavy atom. The zero-order valence-electron chi connectivity index (χ0n) is 9.01. The molecule has 2 aromatic heterocycles. The molecular weight excluding hydrogens is 342 g/mol. The molecule has 0 bridgehead atoms. The second kappa shape index (κ2) is 5.17. The SMILES string of the molecule is COC(=O)c1cc(-c2sccc2Br)c([N+](=O)[O-])s1. The van der Waals surface area contributed by atoms with E-state index in [1.165, 1.54) is 24.5 Å². The summed E-state index contributed by atoms with van der Waals surface area (Å²) in [6, 6.07) is 3.30. The highest BCUT2D eigenvalue weighted by atomic mass is 79.9. The van der Waals surface area contributed by atoms with Crippen LogP contribution in [0.25, 0.3) is 10.4 Å². The highest BCUT2D eigenvalue weighted by Gasteiger charge is 2.25. The van der Waals surface area contributed by atoms with Crippen molar-refractivity contribution < 1.29 is 14.5 Å². The maximum Gasteiger partial charge on any atom is 0.348 e. The molecule has 0 aromatic carbocycles. The topological polar surface area (TPSA) is 69.4 Å². The predicted molar refractivity (Wildman–Crippen MR) is 73.3 cm³/mol. The molecule has 0 fully saturated rings. The fourth-order valence-corrected chi connectivity index (χ4v) is 3.93. The standard InChI is InChI=1S/C10H6BrNO4S2/c1-16-10(13)7-4-5(9(18-7)12(14)15)8-6(11)2-3-17-8/h2-4H,1H3. The van der Waals surface area contributed by atoms with E-state index in [-0.39, 0.29) is 9.88 Å². The molecule has 0 aliphatic rings. The predicted octanol–water partition coefficient (Wildman–Crippen LogP) is 3.93. The zero-order valence-corrected chi connectivity index (χ0v) is 12.2. The number of nitro groups is 1. The molecular formula is C10H6BrNO4S2. The molecule has 18 heavy (non-hydrogen) atoms. The van der Waals surface area contributed by atoms with E-state index in [0.717, 1.165) is 20.7 Å². The fraction of sp³-hybridized carbons (Fsp3) is 0.100. The summed E-state index contributed by atoms with van der Waals surface area (Å²) in [6.07, 6.45) is 0. The van der Waals surface area contributed by atoms with Gasteiger partial charge in [0.15, 0.2) is 0 Å². The molecule has 0 unspecified atom stereocenters. The van der Waals surface area contributed by atoms with Crippen molar-refractivity contribution in [3.05, 3.63) is 37.0 Å². The third kappa shape index (κ3) is 2.31. The summed E-state index contributed by atoms with van der Waals surface area (Å²) in [5.41, 5.74) is 0.437. The molecule has 2 aromatic rings. The largest absolute Gasteiger partial charge is 0.465 e. The Bertz CT molecular complexity index is 619. The number of carbonyl (C=O) groups excluding carboxylic acids is 1. The highest BCUT2D eigenvalue weighted by molar-refractivity contribution is 9.10. The lowest BCUT2D eigenvalue weighted by Crippen LogP contribution is -1.96. The monoisotopic (exact) mass is 347 g/mol. The van der Waals surface area contributed by atoms with Crippen LogP contribution in [-0.2, 0) is 4.74 Å². The van der Waals surface area contributed by atoms with Gasteiger partial charge < -0.3 is 4.74 Å². The van der Waals surface area contributed by atoms with Crippen molar-refractivity contribution in [1.82, 2.24) is 0 Å². The van der Waals surface area contributed by atoms with Gasteiger partial charge in [-0.25, -0.2) is 4.79 Å². The van der Waals surface area contributed by atoms with Gasteiger partial charge in [0, 0.05) is 4.47 Å². The van der Waals surface area contributed by atoms with E-state index in [1.807, 2.05) is 5.38 Å². The fourth-order valence-electron chi connectivity index (χ4n) is 1.37. The van der Waals surface area contributed by atoms with Crippen LogP contribution in [0.3, 0.4) is 0 Å². The van der Waals surface area contributed by atoms with Gasteiger partial charge in [0.2, 0.25) is 0 Å². The molecule has 2 rings (SSSR count). The smallest absolute Gasteiger partial charge is 0.348 e. The van der Waals surface area contributed by atoms with E-state index in [9.17, 15) is 14.9 Å². The van der Waals surface area contributed by atoms with Gasteiger partial charge in [-0.3, -0.25) is 10.1 Å². The Labute approximate surface area is 118 Å². The van der Waals surface area contributed by atoms with Gasteiger partial charge in [0.05, 0.1) is 22.5 Å². The average Bonchev–Trinajstić information content (AvgIpc) is 2.93. The third-order valence-corrected chi connectivity index (χ3v) is 5.06. The quantitative estimate of drug-likeness (QED) is 0.479. The Morgan fingerprint density at radius 1 is 1.56 bits per heavy atom. The number of rotatable bonds is 3. The van der Waals surface area contributed by atoms with Crippen molar-refractivity contribution in [3.63, 3.8) is 0 Å². The van der Waals surface area contributed by atoms with E-state index in [0.29, 0.717) is 5.56 Å². The number of methoxy groups -OCH3 is 1. The molecule has 0 spiro atoms. The van der Waals surface area contributed by atoms with Gasteiger partial charge in [-0.2, -0.15) is 0 Å². The first kappa shape index (κ1) is 13.2.